The Hall–Kier alpha value is -12.9. The molecule has 0 N–H and O–H groups in total. The van der Waals surface area contributed by atoms with Crippen molar-refractivity contribution >= 4 is 131 Å². The third kappa shape index (κ3) is 7.78. The molecular formula is C91H56N4O2. The monoisotopic (exact) mass is 1240 g/mol. The highest BCUT2D eigenvalue weighted by molar-refractivity contribution is 6.29. The van der Waals surface area contributed by atoms with Crippen molar-refractivity contribution in [2.45, 2.75) is 6.92 Å². The van der Waals surface area contributed by atoms with Crippen LogP contribution in [0.1, 0.15) is 5.56 Å². The Morgan fingerprint density at radius 2 is 0.619 bits per heavy atom. The van der Waals surface area contributed by atoms with Crippen molar-refractivity contribution in [3.63, 3.8) is 0 Å². The van der Waals surface area contributed by atoms with Crippen LogP contribution in [0.4, 0.5) is 0 Å². The van der Waals surface area contributed by atoms with Crippen molar-refractivity contribution in [1.82, 2.24) is 18.3 Å². The minimum atomic E-state index is 0.862. The predicted molar refractivity (Wildman–Crippen MR) is 405 cm³/mol. The maximum absolute atomic E-state index is 7.09. The molecule has 0 fully saturated rings. The number of benzene rings is 15. The summed E-state index contributed by atoms with van der Waals surface area (Å²) in [5, 5.41) is 14.0. The lowest BCUT2D eigenvalue weighted by molar-refractivity contribution is 0.670. The lowest BCUT2D eigenvalue weighted by Crippen LogP contribution is -1.96. The summed E-state index contributed by atoms with van der Waals surface area (Å²) in [5.41, 5.74) is 27.6. The van der Waals surface area contributed by atoms with E-state index >= 15 is 0 Å². The molecule has 6 heterocycles. The van der Waals surface area contributed by atoms with Gasteiger partial charge in [-0.15, -0.1) is 0 Å². The summed E-state index contributed by atoms with van der Waals surface area (Å²) in [6, 6.07) is 117. The molecule has 15 aromatic carbocycles. The van der Waals surface area contributed by atoms with E-state index in [1.807, 2.05) is 6.07 Å². The molecule has 6 aromatic heterocycles. The molecule has 21 rings (SSSR count). The van der Waals surface area contributed by atoms with Crippen LogP contribution in [0, 0.1) is 6.92 Å². The molecule has 0 atom stereocenters. The predicted octanol–water partition coefficient (Wildman–Crippen LogP) is 24.9. The number of rotatable bonds is 8. The van der Waals surface area contributed by atoms with E-state index in [9.17, 15) is 0 Å². The van der Waals surface area contributed by atoms with Gasteiger partial charge in [-0.25, -0.2) is 0 Å². The van der Waals surface area contributed by atoms with Gasteiger partial charge in [0.05, 0.1) is 44.1 Å². The molecule has 21 aromatic rings. The van der Waals surface area contributed by atoms with Gasteiger partial charge < -0.3 is 27.1 Å². The molecule has 97 heavy (non-hydrogen) atoms. The molecule has 0 saturated heterocycles. The Morgan fingerprint density at radius 3 is 1.22 bits per heavy atom. The van der Waals surface area contributed by atoms with Gasteiger partial charge in [-0.05, 0) is 148 Å². The number of furan rings is 2. The smallest absolute Gasteiger partial charge is 0.160 e. The molecule has 0 spiro atoms. The van der Waals surface area contributed by atoms with Crippen LogP contribution in [-0.2, 0) is 0 Å². The first-order chi connectivity index (χ1) is 48.1. The highest BCUT2D eigenvalue weighted by Crippen LogP contribution is 2.50. The van der Waals surface area contributed by atoms with Crippen LogP contribution < -0.4 is 0 Å². The summed E-state index contributed by atoms with van der Waals surface area (Å²) >= 11 is 0. The summed E-state index contributed by atoms with van der Waals surface area (Å²) in [6.07, 6.45) is 0. The van der Waals surface area contributed by atoms with E-state index in [2.05, 4.69) is 341 Å². The van der Waals surface area contributed by atoms with Gasteiger partial charge in [0.1, 0.15) is 11.2 Å². The van der Waals surface area contributed by atoms with Gasteiger partial charge in [0, 0.05) is 92.9 Å². The normalized spacial score (nSPS) is 12.2. The second kappa shape index (κ2) is 20.5. The van der Waals surface area contributed by atoms with E-state index in [0.717, 1.165) is 133 Å². The number of para-hydroxylation sites is 7. The molecule has 6 nitrogen and oxygen atoms in total. The topological polar surface area (TPSA) is 46.0 Å². The Kier molecular flexibility index (Phi) is 11.4. The van der Waals surface area contributed by atoms with E-state index in [0.29, 0.717) is 0 Å². The van der Waals surface area contributed by atoms with Gasteiger partial charge in [-0.3, -0.25) is 0 Å². The number of aromatic nitrogens is 4. The number of aryl methyl sites for hydroxylation is 1. The molecular weight excluding hydrogens is 1180 g/mol. The van der Waals surface area contributed by atoms with Crippen LogP contribution in [-0.4, -0.2) is 18.3 Å². The Bertz CT molecular complexity index is 6830. The van der Waals surface area contributed by atoms with Crippen LogP contribution in [0.15, 0.2) is 330 Å². The van der Waals surface area contributed by atoms with Gasteiger partial charge >= 0.3 is 0 Å². The lowest BCUT2D eigenvalue weighted by atomic mass is 9.93. The maximum Gasteiger partial charge on any atom is 0.160 e. The average molecular weight is 1240 g/mol. The number of hydrogen-bond donors (Lipinski definition) is 0. The van der Waals surface area contributed by atoms with Crippen LogP contribution in [0.3, 0.4) is 0 Å². The molecule has 0 aliphatic carbocycles. The van der Waals surface area contributed by atoms with Crippen LogP contribution >= 0.6 is 0 Å². The highest BCUT2D eigenvalue weighted by Gasteiger charge is 2.27. The molecule has 452 valence electrons. The zero-order chi connectivity index (χ0) is 63.6. The quantitative estimate of drug-likeness (QED) is 0.152. The standard InChI is InChI=1S/C91H56N4O2/c1-55-18-15-29-75-84-70(27-17-33-81(84)95(86(55)75)64-50-42-59(43-51-64)57-38-46-62(47-39-57)93-79-31-11-6-22-67(79)72-52-53-73-68-23-8-13-34-82(68)96-90(73)88(72)93)76-54-77-69-24-9-14-35-83(69)97-91(77)89-85(76)74-25-7-12-32-80(74)94(89)63-48-40-58(41-49-63)56-36-44-61(45-37-56)92-78-30-10-5-21-66(78)71-28-16-26-65(87(71)92)60-19-3-2-4-20-60/h2-54H,1H3. The highest BCUT2D eigenvalue weighted by atomic mass is 16.3. The molecule has 0 saturated carbocycles. The number of hydrogen-bond acceptors (Lipinski definition) is 2. The van der Waals surface area contributed by atoms with Crippen molar-refractivity contribution in [3.8, 4) is 67.3 Å². The van der Waals surface area contributed by atoms with Crippen LogP contribution in [0.5, 0.6) is 0 Å². The SMILES string of the molecule is Cc1cccc2c3c(-c4cc5c6ccccc6oc5c5c4c4ccccc4n5-c4ccc(-c5ccc(-n6c7ccccc7c7cccc(-c8ccccc8)c76)cc5)cc4)cccc3n(-c3ccc(-c4ccc(-n5c6ccccc6c6ccc7c8ccccc8oc7c65)cc4)cc3)c12. The van der Waals surface area contributed by atoms with Gasteiger partial charge in [-0.2, -0.15) is 0 Å². The van der Waals surface area contributed by atoms with Gasteiger partial charge in [0.15, 0.2) is 11.2 Å². The fourth-order valence-electron chi connectivity index (χ4n) is 16.4. The first-order valence-corrected chi connectivity index (χ1v) is 33.3. The summed E-state index contributed by atoms with van der Waals surface area (Å²) < 4.78 is 23.5. The first kappa shape index (κ1) is 53.6. The summed E-state index contributed by atoms with van der Waals surface area (Å²) in [6.45, 7) is 2.24. The third-order valence-electron chi connectivity index (χ3n) is 20.7. The minimum Gasteiger partial charge on any atom is -0.454 e. The fourth-order valence-corrected chi connectivity index (χ4v) is 16.4. The Labute approximate surface area is 556 Å². The Morgan fingerprint density at radius 1 is 0.216 bits per heavy atom. The molecule has 0 radical (unpaired) electrons. The second-order valence-corrected chi connectivity index (χ2v) is 25.9. The average Bonchev–Trinajstić information content (AvgIpc) is 1.55. The summed E-state index contributed by atoms with van der Waals surface area (Å²) in [7, 11) is 0. The number of fused-ring (bicyclic) bond motifs is 20. The fraction of sp³-hybridized carbons (Fsp3) is 0.0110. The lowest BCUT2D eigenvalue weighted by Gasteiger charge is -2.13. The second-order valence-electron chi connectivity index (χ2n) is 25.9. The summed E-state index contributed by atoms with van der Waals surface area (Å²) in [4.78, 5) is 0. The van der Waals surface area contributed by atoms with Crippen molar-refractivity contribution in [1.29, 1.82) is 0 Å². The van der Waals surface area contributed by atoms with E-state index in [-0.39, 0.29) is 0 Å². The molecule has 0 bridgehead atoms. The van der Waals surface area contributed by atoms with Gasteiger partial charge in [-0.1, -0.05) is 224 Å². The minimum absolute atomic E-state index is 0.862. The zero-order valence-corrected chi connectivity index (χ0v) is 52.7. The molecule has 0 amide bonds. The van der Waals surface area contributed by atoms with E-state index in [1.54, 1.807) is 0 Å². The van der Waals surface area contributed by atoms with Gasteiger partial charge in [0.2, 0.25) is 0 Å². The molecule has 0 aliphatic rings. The van der Waals surface area contributed by atoms with Crippen molar-refractivity contribution in [2.24, 2.45) is 0 Å². The zero-order valence-electron chi connectivity index (χ0n) is 52.7. The first-order valence-electron chi connectivity index (χ1n) is 33.3. The van der Waals surface area contributed by atoms with E-state index in [1.165, 1.54) is 71.1 Å². The van der Waals surface area contributed by atoms with Gasteiger partial charge in [0.25, 0.3) is 0 Å². The molecule has 6 heteroatoms. The summed E-state index contributed by atoms with van der Waals surface area (Å²) in [5.74, 6) is 0. The molecule has 0 unspecified atom stereocenters. The number of nitrogens with zero attached hydrogens (tertiary/aromatic N) is 4. The van der Waals surface area contributed by atoms with Crippen LogP contribution in [0.2, 0.25) is 0 Å². The maximum atomic E-state index is 7.09. The third-order valence-corrected chi connectivity index (χ3v) is 20.7. The largest absolute Gasteiger partial charge is 0.454 e. The van der Waals surface area contributed by atoms with Crippen molar-refractivity contribution < 1.29 is 8.83 Å². The van der Waals surface area contributed by atoms with Crippen molar-refractivity contribution in [3.05, 3.63) is 327 Å². The molecule has 0 aliphatic heterocycles. The van der Waals surface area contributed by atoms with E-state index in [4.69, 9.17) is 8.83 Å². The van der Waals surface area contributed by atoms with E-state index < -0.39 is 0 Å². The Balaban J connectivity index is 0.679. The van der Waals surface area contributed by atoms with Crippen molar-refractivity contribution in [2.75, 3.05) is 0 Å². The van der Waals surface area contributed by atoms with Crippen LogP contribution in [0.25, 0.3) is 198 Å².